The highest BCUT2D eigenvalue weighted by atomic mass is 19.1. The van der Waals surface area contributed by atoms with E-state index in [0.29, 0.717) is 29.0 Å². The highest BCUT2D eigenvalue weighted by molar-refractivity contribution is 5.98. The molecular weight excluding hydrogens is 466 g/mol. The number of aromatic nitrogens is 4. The second kappa shape index (κ2) is 9.37. The molecule has 1 aliphatic heterocycles. The SMILES string of the molecule is C=CC(=O)N1C[C@H](n2nc(-c3ccc(Oc4ccc(F)cc4F)cc3)c3c(N)ncnc32)CC[C@@H]1C. The molecule has 0 aliphatic carbocycles. The van der Waals surface area contributed by atoms with Crippen molar-refractivity contribution in [2.24, 2.45) is 0 Å². The molecule has 0 saturated carbocycles. The van der Waals surface area contributed by atoms with Gasteiger partial charge in [0.25, 0.3) is 0 Å². The van der Waals surface area contributed by atoms with E-state index in [-0.39, 0.29) is 29.6 Å². The number of hydrogen-bond acceptors (Lipinski definition) is 6. The number of hydrogen-bond donors (Lipinski definition) is 1. The molecule has 0 spiro atoms. The van der Waals surface area contributed by atoms with E-state index >= 15 is 0 Å². The van der Waals surface area contributed by atoms with E-state index < -0.39 is 11.6 Å². The van der Waals surface area contributed by atoms with Gasteiger partial charge in [-0.2, -0.15) is 5.10 Å². The summed E-state index contributed by atoms with van der Waals surface area (Å²) in [6.45, 7) is 6.11. The lowest BCUT2D eigenvalue weighted by Gasteiger charge is -2.37. The van der Waals surface area contributed by atoms with Crippen molar-refractivity contribution in [2.45, 2.75) is 31.8 Å². The molecule has 1 amide bonds. The van der Waals surface area contributed by atoms with Crippen LogP contribution in [0.4, 0.5) is 14.6 Å². The Morgan fingerprint density at radius 1 is 1.17 bits per heavy atom. The third-order valence-electron chi connectivity index (χ3n) is 6.43. The lowest BCUT2D eigenvalue weighted by Crippen LogP contribution is -2.45. The fourth-order valence-electron chi connectivity index (χ4n) is 4.53. The van der Waals surface area contributed by atoms with Crippen molar-refractivity contribution in [3.8, 4) is 22.8 Å². The summed E-state index contributed by atoms with van der Waals surface area (Å²) in [5.74, 6) is -1.01. The van der Waals surface area contributed by atoms with Gasteiger partial charge < -0.3 is 15.4 Å². The summed E-state index contributed by atoms with van der Waals surface area (Å²) in [5.41, 5.74) is 8.14. The average molecular weight is 491 g/mol. The van der Waals surface area contributed by atoms with Crippen molar-refractivity contribution < 1.29 is 18.3 Å². The van der Waals surface area contributed by atoms with E-state index in [1.807, 2.05) is 11.6 Å². The van der Waals surface area contributed by atoms with Crippen LogP contribution in [-0.4, -0.2) is 43.1 Å². The van der Waals surface area contributed by atoms with E-state index in [1.165, 1.54) is 18.5 Å². The van der Waals surface area contributed by atoms with E-state index in [2.05, 4.69) is 16.5 Å². The Hall–Kier alpha value is -4.34. The number of piperidine rings is 1. The van der Waals surface area contributed by atoms with Crippen LogP contribution in [0.25, 0.3) is 22.3 Å². The maximum atomic E-state index is 14.0. The number of nitrogen functional groups attached to an aromatic ring is 1. The molecule has 1 saturated heterocycles. The van der Waals surface area contributed by atoms with Gasteiger partial charge >= 0.3 is 0 Å². The monoisotopic (exact) mass is 490 g/mol. The first kappa shape index (κ1) is 23.4. The van der Waals surface area contributed by atoms with Gasteiger partial charge in [0.05, 0.1) is 11.4 Å². The molecule has 1 aliphatic rings. The zero-order chi connectivity index (χ0) is 25.4. The summed E-state index contributed by atoms with van der Waals surface area (Å²) >= 11 is 0. The number of amides is 1. The molecular formula is C26H24F2N6O2. The Morgan fingerprint density at radius 2 is 1.94 bits per heavy atom. The molecule has 3 heterocycles. The summed E-state index contributed by atoms with van der Waals surface area (Å²) in [6, 6.07) is 10.00. The fraction of sp³-hybridized carbons (Fsp3) is 0.231. The number of carbonyl (C=O) groups is 1. The Labute approximate surface area is 206 Å². The number of ether oxygens (including phenoxy) is 1. The lowest BCUT2D eigenvalue weighted by molar-refractivity contribution is -0.130. The molecule has 36 heavy (non-hydrogen) atoms. The summed E-state index contributed by atoms with van der Waals surface area (Å²) in [7, 11) is 0. The number of anilines is 1. The first-order chi connectivity index (χ1) is 17.4. The Bertz CT molecular complexity index is 1450. The maximum absolute atomic E-state index is 14.0. The van der Waals surface area contributed by atoms with E-state index in [4.69, 9.17) is 15.6 Å². The van der Waals surface area contributed by atoms with Crippen LogP contribution in [0.3, 0.4) is 0 Å². The highest BCUT2D eigenvalue weighted by Crippen LogP contribution is 2.36. The quantitative estimate of drug-likeness (QED) is 0.400. The highest BCUT2D eigenvalue weighted by Gasteiger charge is 2.31. The fourth-order valence-corrected chi connectivity index (χ4v) is 4.53. The smallest absolute Gasteiger partial charge is 0.246 e. The second-order valence-electron chi connectivity index (χ2n) is 8.73. The third kappa shape index (κ3) is 4.26. The topological polar surface area (TPSA) is 99.2 Å². The molecule has 0 radical (unpaired) electrons. The van der Waals surface area contributed by atoms with Crippen molar-refractivity contribution in [1.82, 2.24) is 24.6 Å². The molecule has 184 valence electrons. The van der Waals surface area contributed by atoms with Gasteiger partial charge in [-0.3, -0.25) is 4.79 Å². The molecule has 1 fully saturated rings. The zero-order valence-corrected chi connectivity index (χ0v) is 19.6. The van der Waals surface area contributed by atoms with E-state index in [0.717, 1.165) is 30.5 Å². The first-order valence-corrected chi connectivity index (χ1v) is 11.5. The van der Waals surface area contributed by atoms with Gasteiger partial charge in [0.2, 0.25) is 5.91 Å². The Balaban J connectivity index is 1.49. The predicted octanol–water partition coefficient (Wildman–Crippen LogP) is 4.88. The van der Waals surface area contributed by atoms with Gasteiger partial charge in [0, 0.05) is 24.2 Å². The van der Waals surface area contributed by atoms with Crippen LogP contribution in [-0.2, 0) is 4.79 Å². The van der Waals surface area contributed by atoms with Crippen LogP contribution in [0.15, 0.2) is 61.4 Å². The van der Waals surface area contributed by atoms with Crippen LogP contribution in [0.2, 0.25) is 0 Å². The number of halogens is 2. The number of carbonyl (C=O) groups excluding carboxylic acids is 1. The van der Waals surface area contributed by atoms with E-state index in [9.17, 15) is 13.6 Å². The molecule has 5 rings (SSSR count). The number of fused-ring (bicyclic) bond motifs is 1. The average Bonchev–Trinajstić information content (AvgIpc) is 3.27. The molecule has 0 unspecified atom stereocenters. The summed E-state index contributed by atoms with van der Waals surface area (Å²) in [4.78, 5) is 22.8. The van der Waals surface area contributed by atoms with Gasteiger partial charge in [-0.25, -0.2) is 23.4 Å². The molecule has 4 aromatic rings. The number of rotatable bonds is 5. The minimum Gasteiger partial charge on any atom is -0.454 e. The standard InChI is InChI=1S/C26H24F2N6O2/c1-3-22(35)33-13-18(8-4-15(33)2)34-26-23(25(29)30-14-31-26)24(32-34)16-5-9-19(10-6-16)36-21-11-7-17(27)12-20(21)28/h3,5-7,9-12,14-15,18H,1,4,8,13H2,2H3,(H2,29,30,31)/t15-,18+/m0/s1. The first-order valence-electron chi connectivity index (χ1n) is 11.5. The molecule has 2 N–H and O–H groups in total. The maximum Gasteiger partial charge on any atom is 0.246 e. The molecule has 2 aromatic heterocycles. The normalized spacial score (nSPS) is 17.8. The Morgan fingerprint density at radius 3 is 2.67 bits per heavy atom. The van der Waals surface area contributed by atoms with Crippen molar-refractivity contribution in [1.29, 1.82) is 0 Å². The van der Waals surface area contributed by atoms with Crippen LogP contribution < -0.4 is 10.5 Å². The van der Waals surface area contributed by atoms with Crippen LogP contribution in [0.5, 0.6) is 11.5 Å². The van der Waals surface area contributed by atoms with Crippen LogP contribution >= 0.6 is 0 Å². The van der Waals surface area contributed by atoms with Crippen molar-refractivity contribution in [2.75, 3.05) is 12.3 Å². The summed E-state index contributed by atoms with van der Waals surface area (Å²) in [5, 5.41) is 5.46. The largest absolute Gasteiger partial charge is 0.454 e. The Kier molecular flexibility index (Phi) is 6.09. The molecule has 10 heteroatoms. The lowest BCUT2D eigenvalue weighted by atomic mass is 9.99. The molecule has 2 aromatic carbocycles. The third-order valence-corrected chi connectivity index (χ3v) is 6.43. The van der Waals surface area contributed by atoms with E-state index in [1.54, 1.807) is 29.2 Å². The predicted molar refractivity (Wildman–Crippen MR) is 131 cm³/mol. The number of benzene rings is 2. The number of nitrogens with two attached hydrogens (primary N) is 1. The molecule has 0 bridgehead atoms. The van der Waals surface area contributed by atoms with Gasteiger partial charge in [-0.05, 0) is 62.2 Å². The zero-order valence-electron chi connectivity index (χ0n) is 19.6. The second-order valence-corrected chi connectivity index (χ2v) is 8.73. The van der Waals surface area contributed by atoms with Crippen molar-refractivity contribution in [3.05, 3.63) is 73.1 Å². The summed E-state index contributed by atoms with van der Waals surface area (Å²) < 4.78 is 34.5. The minimum atomic E-state index is -0.792. The minimum absolute atomic E-state index is 0.0818. The molecule has 8 nitrogen and oxygen atoms in total. The van der Waals surface area contributed by atoms with Gasteiger partial charge in [0.15, 0.2) is 17.2 Å². The summed E-state index contributed by atoms with van der Waals surface area (Å²) in [6.07, 6.45) is 4.35. The van der Waals surface area contributed by atoms with Gasteiger partial charge in [-0.1, -0.05) is 6.58 Å². The number of likely N-dealkylation sites (tertiary alicyclic amines) is 1. The van der Waals surface area contributed by atoms with Gasteiger partial charge in [-0.15, -0.1) is 0 Å². The number of nitrogens with zero attached hydrogens (tertiary/aromatic N) is 5. The van der Waals surface area contributed by atoms with Crippen LogP contribution in [0.1, 0.15) is 25.8 Å². The van der Waals surface area contributed by atoms with Gasteiger partial charge in [0.1, 0.15) is 29.4 Å². The van der Waals surface area contributed by atoms with Crippen molar-refractivity contribution in [3.63, 3.8) is 0 Å². The molecule has 2 atom stereocenters. The van der Waals surface area contributed by atoms with Crippen molar-refractivity contribution >= 4 is 22.8 Å². The van der Waals surface area contributed by atoms with Crippen LogP contribution in [0, 0.1) is 11.6 Å².